The number of nitrogens with zero attached hydrogens (tertiary/aromatic N) is 2. The van der Waals surface area contributed by atoms with Crippen LogP contribution < -0.4 is 11.0 Å². The Balaban J connectivity index is 1.81. The van der Waals surface area contributed by atoms with E-state index in [0.29, 0.717) is 22.2 Å². The minimum Gasteiger partial charge on any atom is -0.481 e. The lowest BCUT2D eigenvalue weighted by atomic mass is 10.0. The van der Waals surface area contributed by atoms with Gasteiger partial charge in [-0.25, -0.2) is 4.79 Å². The van der Waals surface area contributed by atoms with Gasteiger partial charge < -0.3 is 15.4 Å². The number of benzene rings is 3. The number of carboxylic acid groups (broad SMARTS) is 1. The molecule has 0 radical (unpaired) electrons. The van der Waals surface area contributed by atoms with Crippen LogP contribution in [0, 0.1) is 6.92 Å². The Morgan fingerprint density at radius 3 is 2.46 bits per heavy atom. The Bertz CT molecular complexity index is 1690. The molecule has 2 heterocycles. The van der Waals surface area contributed by atoms with Crippen molar-refractivity contribution in [3.05, 3.63) is 106 Å². The maximum Gasteiger partial charge on any atom is 0.330 e. The molecule has 2 unspecified atom stereocenters. The zero-order valence-corrected chi connectivity index (χ0v) is 20.9. The highest BCUT2D eigenvalue weighted by Crippen LogP contribution is 2.33. The van der Waals surface area contributed by atoms with Gasteiger partial charge in [-0.3, -0.25) is 18.7 Å². The number of rotatable bonds is 7. The molecule has 0 aliphatic carbocycles. The van der Waals surface area contributed by atoms with E-state index in [1.807, 2.05) is 68.6 Å². The average Bonchev–Trinajstić information content (AvgIpc) is 3.46. The molecule has 2 aromatic heterocycles. The lowest BCUT2D eigenvalue weighted by molar-refractivity contribution is -0.137. The van der Waals surface area contributed by atoms with Gasteiger partial charge in [0.15, 0.2) is 0 Å². The first-order valence-corrected chi connectivity index (χ1v) is 12.1. The Morgan fingerprint density at radius 2 is 1.76 bits per heavy atom. The summed E-state index contributed by atoms with van der Waals surface area (Å²) in [7, 11) is 1.55. The second-order valence-electron chi connectivity index (χ2n) is 9.25. The number of carbonyl (C=O) groups is 2. The molecule has 0 saturated carbocycles. The minimum absolute atomic E-state index is 0.284. The van der Waals surface area contributed by atoms with Crippen molar-refractivity contribution < 1.29 is 14.7 Å². The van der Waals surface area contributed by atoms with Gasteiger partial charge >= 0.3 is 11.7 Å². The molecule has 0 spiro atoms. The van der Waals surface area contributed by atoms with Crippen molar-refractivity contribution in [1.29, 1.82) is 0 Å². The molecule has 5 aromatic rings. The summed E-state index contributed by atoms with van der Waals surface area (Å²) < 4.78 is 3.21. The molecule has 3 aromatic carbocycles. The molecule has 37 heavy (non-hydrogen) atoms. The first kappa shape index (κ1) is 24.1. The van der Waals surface area contributed by atoms with Crippen molar-refractivity contribution in [3.8, 4) is 0 Å². The predicted molar refractivity (Wildman–Crippen MR) is 143 cm³/mol. The summed E-state index contributed by atoms with van der Waals surface area (Å²) in [5.41, 5.74) is 4.91. The van der Waals surface area contributed by atoms with Crippen molar-refractivity contribution >= 4 is 33.8 Å². The summed E-state index contributed by atoms with van der Waals surface area (Å²) in [6.07, 6.45) is 1.64. The smallest absolute Gasteiger partial charge is 0.330 e. The molecule has 0 bridgehead atoms. The molecule has 0 aliphatic rings. The summed E-state index contributed by atoms with van der Waals surface area (Å²) in [6, 6.07) is 19.1. The fourth-order valence-electron chi connectivity index (χ4n) is 5.27. The number of aryl methyl sites for hydroxylation is 1. The first-order chi connectivity index (χ1) is 17.8. The summed E-state index contributed by atoms with van der Waals surface area (Å²) in [5, 5.41) is 13.4. The fourth-order valence-corrected chi connectivity index (χ4v) is 5.27. The molecule has 2 atom stereocenters. The predicted octanol–water partition coefficient (Wildman–Crippen LogP) is 4.63. The maximum atomic E-state index is 14.2. The van der Waals surface area contributed by atoms with Gasteiger partial charge in [0.2, 0.25) is 0 Å². The molecule has 8 nitrogen and oxygen atoms in total. The molecule has 1 amide bonds. The Labute approximate surface area is 213 Å². The third kappa shape index (κ3) is 4.10. The van der Waals surface area contributed by atoms with Crippen molar-refractivity contribution in [3.63, 3.8) is 0 Å². The van der Waals surface area contributed by atoms with Crippen LogP contribution in [0.3, 0.4) is 0 Å². The Hall–Kier alpha value is -4.59. The topological polar surface area (TPSA) is 109 Å². The average molecular weight is 497 g/mol. The highest BCUT2D eigenvalue weighted by atomic mass is 16.4. The zero-order chi connectivity index (χ0) is 26.3. The summed E-state index contributed by atoms with van der Waals surface area (Å²) in [6.45, 7) is 3.99. The molecule has 0 aliphatic heterocycles. The number of fused-ring (bicyclic) bond motifs is 2. The van der Waals surface area contributed by atoms with E-state index in [2.05, 4.69) is 10.3 Å². The van der Waals surface area contributed by atoms with E-state index in [1.54, 1.807) is 29.8 Å². The van der Waals surface area contributed by atoms with Crippen molar-refractivity contribution in [2.75, 3.05) is 7.05 Å². The van der Waals surface area contributed by atoms with Crippen molar-refractivity contribution in [2.45, 2.75) is 32.4 Å². The summed E-state index contributed by atoms with van der Waals surface area (Å²) in [4.78, 5) is 41.9. The standard InChI is InChI=1S/C29H28N4O4/c1-17-8-7-11-22-27(17)21(16-31-22)18(2)32-23-13-12-20(28(36)30-3)14-25(23)33(29(32)37)24(15-26(34)35)19-9-5-4-6-10-19/h4-14,16,18,24,31H,15H2,1-3H3,(H,30,36)(H,34,35). The van der Waals surface area contributed by atoms with E-state index in [-0.39, 0.29) is 24.1 Å². The van der Waals surface area contributed by atoms with Crippen LogP contribution in [0.1, 0.15) is 52.5 Å². The van der Waals surface area contributed by atoms with Crippen LogP contribution in [0.4, 0.5) is 0 Å². The molecule has 188 valence electrons. The van der Waals surface area contributed by atoms with Crippen LogP contribution >= 0.6 is 0 Å². The minimum atomic E-state index is -1.02. The molecular formula is C29H28N4O4. The van der Waals surface area contributed by atoms with Gasteiger partial charge in [-0.2, -0.15) is 0 Å². The van der Waals surface area contributed by atoms with Gasteiger partial charge in [0.1, 0.15) is 0 Å². The highest BCUT2D eigenvalue weighted by molar-refractivity contribution is 5.97. The Morgan fingerprint density at radius 1 is 1.00 bits per heavy atom. The monoisotopic (exact) mass is 496 g/mol. The van der Waals surface area contributed by atoms with Crippen LogP contribution in [-0.2, 0) is 4.79 Å². The third-order valence-corrected chi connectivity index (χ3v) is 7.04. The SMILES string of the molecule is CNC(=O)c1ccc2c(c1)n(C(CC(=O)O)c1ccccc1)c(=O)n2C(C)c1c[nH]c2cccc(C)c12. The number of hydrogen-bond donors (Lipinski definition) is 3. The normalized spacial score (nSPS) is 13.1. The first-order valence-electron chi connectivity index (χ1n) is 12.1. The van der Waals surface area contributed by atoms with E-state index < -0.39 is 12.0 Å². The molecule has 0 saturated heterocycles. The fraction of sp³-hybridized carbons (Fsp3) is 0.207. The number of nitrogens with one attached hydrogen (secondary N) is 2. The summed E-state index contributed by atoms with van der Waals surface area (Å²) in [5.74, 6) is -1.31. The van der Waals surface area contributed by atoms with Crippen molar-refractivity contribution in [1.82, 2.24) is 19.4 Å². The number of H-pyrrole nitrogens is 1. The van der Waals surface area contributed by atoms with Gasteiger partial charge in [-0.1, -0.05) is 42.5 Å². The summed E-state index contributed by atoms with van der Waals surface area (Å²) >= 11 is 0. The van der Waals surface area contributed by atoms with Gasteiger partial charge in [-0.15, -0.1) is 0 Å². The van der Waals surface area contributed by atoms with Crippen LogP contribution in [-0.4, -0.2) is 38.1 Å². The number of hydrogen-bond acceptors (Lipinski definition) is 3. The van der Waals surface area contributed by atoms with Crippen LogP contribution in [0.5, 0.6) is 0 Å². The Kier molecular flexibility index (Phi) is 6.17. The largest absolute Gasteiger partial charge is 0.481 e. The number of imidazole rings is 1. The number of aromatic amines is 1. The maximum absolute atomic E-state index is 14.2. The van der Waals surface area contributed by atoms with Crippen LogP contribution in [0.2, 0.25) is 0 Å². The van der Waals surface area contributed by atoms with Crippen molar-refractivity contribution in [2.24, 2.45) is 0 Å². The van der Waals surface area contributed by atoms with Crippen LogP contribution in [0.25, 0.3) is 21.9 Å². The quantitative estimate of drug-likeness (QED) is 0.305. The lowest BCUT2D eigenvalue weighted by Gasteiger charge is -2.18. The molecule has 0 fully saturated rings. The second-order valence-corrected chi connectivity index (χ2v) is 9.25. The zero-order valence-electron chi connectivity index (χ0n) is 20.9. The van der Waals surface area contributed by atoms with Crippen LogP contribution in [0.15, 0.2) is 77.7 Å². The van der Waals surface area contributed by atoms with E-state index in [0.717, 1.165) is 22.0 Å². The number of aliphatic carboxylic acids is 1. The number of amides is 1. The molecule has 5 rings (SSSR count). The van der Waals surface area contributed by atoms with E-state index >= 15 is 0 Å². The van der Waals surface area contributed by atoms with E-state index in [1.165, 1.54) is 4.57 Å². The van der Waals surface area contributed by atoms with E-state index in [9.17, 15) is 19.5 Å². The van der Waals surface area contributed by atoms with Gasteiger partial charge in [0, 0.05) is 35.3 Å². The van der Waals surface area contributed by atoms with Gasteiger partial charge in [-0.05, 0) is 49.2 Å². The molecule has 8 heteroatoms. The third-order valence-electron chi connectivity index (χ3n) is 7.04. The second kappa shape index (κ2) is 9.46. The number of carboxylic acids is 1. The highest BCUT2D eigenvalue weighted by Gasteiger charge is 2.28. The lowest BCUT2D eigenvalue weighted by Crippen LogP contribution is -2.31. The molecule has 3 N–H and O–H groups in total. The van der Waals surface area contributed by atoms with Gasteiger partial charge in [0.25, 0.3) is 5.91 Å². The van der Waals surface area contributed by atoms with E-state index in [4.69, 9.17) is 0 Å². The number of carbonyl (C=O) groups excluding carboxylic acids is 1. The molecular weight excluding hydrogens is 468 g/mol. The van der Waals surface area contributed by atoms with Gasteiger partial charge in [0.05, 0.1) is 29.5 Å². The number of aromatic nitrogens is 3.